The minimum absolute atomic E-state index is 0.00197. The van der Waals surface area contributed by atoms with Crippen LogP contribution in [0.15, 0.2) is 4.47 Å². The number of hydrogen-bond donors (Lipinski definition) is 1. The van der Waals surface area contributed by atoms with Crippen molar-refractivity contribution in [3.63, 3.8) is 0 Å². The number of nitrogens with two attached hydrogens (primary N) is 1. The van der Waals surface area contributed by atoms with Crippen molar-refractivity contribution in [3.05, 3.63) is 15.9 Å². The van der Waals surface area contributed by atoms with Crippen molar-refractivity contribution in [1.29, 1.82) is 0 Å². The molecule has 0 bridgehead atoms. The lowest BCUT2D eigenvalue weighted by Gasteiger charge is -2.27. The third-order valence-corrected chi connectivity index (χ3v) is 5.48. The van der Waals surface area contributed by atoms with Gasteiger partial charge < -0.3 is 5.73 Å². The Balaban J connectivity index is 2.24. The molecular formula is C14H22BrN3O. The van der Waals surface area contributed by atoms with Gasteiger partial charge in [-0.1, -0.05) is 13.3 Å². The Bertz CT molecular complexity index is 497. The normalized spacial score (nSPS) is 26.9. The van der Waals surface area contributed by atoms with Crippen LogP contribution in [0.2, 0.25) is 0 Å². The SMILES string of the molecule is CCn1nc(C)c(Br)c1CC(=O)C1(C)CCCC1N. The number of rotatable bonds is 4. The fourth-order valence-corrected chi connectivity index (χ4v) is 3.36. The lowest BCUT2D eigenvalue weighted by molar-refractivity contribution is -0.127. The molecule has 2 unspecified atom stereocenters. The Morgan fingerprint density at radius 1 is 1.63 bits per heavy atom. The molecule has 1 heterocycles. The highest BCUT2D eigenvalue weighted by Crippen LogP contribution is 2.39. The van der Waals surface area contributed by atoms with Crippen LogP contribution < -0.4 is 5.73 Å². The second-order valence-electron chi connectivity index (χ2n) is 5.68. The second-order valence-corrected chi connectivity index (χ2v) is 6.47. The molecule has 2 N–H and O–H groups in total. The molecule has 106 valence electrons. The Morgan fingerprint density at radius 3 is 2.84 bits per heavy atom. The molecular weight excluding hydrogens is 306 g/mol. The molecule has 0 spiro atoms. The van der Waals surface area contributed by atoms with Gasteiger partial charge >= 0.3 is 0 Å². The Morgan fingerprint density at radius 2 is 2.32 bits per heavy atom. The molecule has 4 nitrogen and oxygen atoms in total. The Kier molecular flexibility index (Phi) is 4.16. The van der Waals surface area contributed by atoms with Gasteiger partial charge in [0.1, 0.15) is 5.78 Å². The highest BCUT2D eigenvalue weighted by atomic mass is 79.9. The number of hydrogen-bond acceptors (Lipinski definition) is 3. The third-order valence-electron chi connectivity index (χ3n) is 4.45. The minimum atomic E-state index is -0.365. The molecule has 1 aliphatic carbocycles. The van der Waals surface area contributed by atoms with Gasteiger partial charge in [-0.2, -0.15) is 5.10 Å². The fraction of sp³-hybridized carbons (Fsp3) is 0.714. The van der Waals surface area contributed by atoms with Crippen molar-refractivity contribution in [2.45, 2.75) is 59.0 Å². The zero-order chi connectivity index (χ0) is 14.2. The maximum absolute atomic E-state index is 12.6. The quantitative estimate of drug-likeness (QED) is 0.924. The largest absolute Gasteiger partial charge is 0.327 e. The van der Waals surface area contributed by atoms with Gasteiger partial charge in [-0.15, -0.1) is 0 Å². The molecule has 0 amide bonds. The molecule has 1 saturated carbocycles. The molecule has 2 rings (SSSR count). The molecule has 0 radical (unpaired) electrons. The van der Waals surface area contributed by atoms with Crippen molar-refractivity contribution in [2.24, 2.45) is 11.1 Å². The molecule has 0 aliphatic heterocycles. The average Bonchev–Trinajstić information content (AvgIpc) is 2.85. The maximum Gasteiger partial charge on any atom is 0.146 e. The van der Waals surface area contributed by atoms with Crippen molar-refractivity contribution >= 4 is 21.7 Å². The summed E-state index contributed by atoms with van der Waals surface area (Å²) in [7, 11) is 0. The first-order valence-electron chi connectivity index (χ1n) is 6.90. The van der Waals surface area contributed by atoms with Crippen LogP contribution in [-0.4, -0.2) is 21.6 Å². The van der Waals surface area contributed by atoms with Gasteiger partial charge in [-0.3, -0.25) is 9.48 Å². The van der Waals surface area contributed by atoms with E-state index in [9.17, 15) is 4.79 Å². The smallest absolute Gasteiger partial charge is 0.146 e. The van der Waals surface area contributed by atoms with Crippen LogP contribution in [0.3, 0.4) is 0 Å². The van der Waals surface area contributed by atoms with Crippen LogP contribution in [0.1, 0.15) is 44.5 Å². The van der Waals surface area contributed by atoms with Crippen molar-refractivity contribution in [1.82, 2.24) is 9.78 Å². The first kappa shape index (κ1) is 14.7. The highest BCUT2D eigenvalue weighted by molar-refractivity contribution is 9.10. The zero-order valence-electron chi connectivity index (χ0n) is 11.9. The lowest BCUT2D eigenvalue weighted by Crippen LogP contribution is -2.42. The molecule has 1 aliphatic rings. The summed E-state index contributed by atoms with van der Waals surface area (Å²) in [5, 5.41) is 4.44. The lowest BCUT2D eigenvalue weighted by atomic mass is 9.79. The number of halogens is 1. The van der Waals surface area contributed by atoms with Gasteiger partial charge in [-0.25, -0.2) is 0 Å². The van der Waals surface area contributed by atoms with Crippen LogP contribution in [-0.2, 0) is 17.8 Å². The van der Waals surface area contributed by atoms with E-state index >= 15 is 0 Å². The number of nitrogens with zero attached hydrogens (tertiary/aromatic N) is 2. The average molecular weight is 328 g/mol. The second kappa shape index (κ2) is 5.37. The van der Waals surface area contributed by atoms with E-state index in [1.54, 1.807) is 0 Å². The number of carbonyl (C=O) groups excluding carboxylic acids is 1. The first-order chi connectivity index (χ1) is 8.90. The standard InChI is InChI=1S/C14H22BrN3O/c1-4-18-10(13(15)9(2)17-18)8-12(19)14(3)7-5-6-11(14)16/h11H,4-8,16H2,1-3H3. The van der Waals surface area contributed by atoms with E-state index in [0.717, 1.165) is 41.7 Å². The molecule has 2 atom stereocenters. The number of ketones is 1. The van der Waals surface area contributed by atoms with E-state index in [-0.39, 0.29) is 17.2 Å². The summed E-state index contributed by atoms with van der Waals surface area (Å²) in [4.78, 5) is 12.6. The van der Waals surface area contributed by atoms with Crippen LogP contribution in [0.5, 0.6) is 0 Å². The number of carbonyl (C=O) groups is 1. The van der Waals surface area contributed by atoms with E-state index in [0.29, 0.717) is 6.42 Å². The van der Waals surface area contributed by atoms with Crippen LogP contribution >= 0.6 is 15.9 Å². The van der Waals surface area contributed by atoms with Gasteiger partial charge in [0, 0.05) is 18.0 Å². The molecule has 1 aromatic heterocycles. The predicted octanol–water partition coefficient (Wildman–Crippen LogP) is 2.60. The van der Waals surface area contributed by atoms with Crippen LogP contribution in [0.4, 0.5) is 0 Å². The molecule has 1 fully saturated rings. The fourth-order valence-electron chi connectivity index (χ4n) is 2.93. The molecule has 0 aromatic carbocycles. The van der Waals surface area contributed by atoms with E-state index in [1.807, 2.05) is 25.5 Å². The Labute approximate surface area is 122 Å². The van der Waals surface area contributed by atoms with Gasteiger partial charge in [0.15, 0.2) is 0 Å². The summed E-state index contributed by atoms with van der Waals surface area (Å²) in [5.74, 6) is 0.243. The summed E-state index contributed by atoms with van der Waals surface area (Å²) < 4.78 is 2.86. The predicted molar refractivity (Wildman–Crippen MR) is 79.0 cm³/mol. The van der Waals surface area contributed by atoms with Gasteiger partial charge in [-0.05, 0) is 42.6 Å². The van der Waals surface area contributed by atoms with E-state index in [1.165, 1.54) is 0 Å². The summed E-state index contributed by atoms with van der Waals surface area (Å²) in [6.07, 6.45) is 3.33. The first-order valence-corrected chi connectivity index (χ1v) is 7.70. The van der Waals surface area contributed by atoms with Gasteiger partial charge in [0.25, 0.3) is 0 Å². The summed E-state index contributed by atoms with van der Waals surface area (Å²) >= 11 is 3.54. The highest BCUT2D eigenvalue weighted by Gasteiger charge is 2.42. The van der Waals surface area contributed by atoms with Crippen molar-refractivity contribution in [3.8, 4) is 0 Å². The van der Waals surface area contributed by atoms with Crippen LogP contribution in [0.25, 0.3) is 0 Å². The summed E-state index contributed by atoms with van der Waals surface area (Å²) in [5.41, 5.74) is 7.67. The number of Topliss-reactive ketones (excluding diaryl/α,β-unsaturated/α-hetero) is 1. The summed E-state index contributed by atoms with van der Waals surface area (Å²) in [6, 6.07) is -0.00197. The number of aryl methyl sites for hydroxylation is 2. The minimum Gasteiger partial charge on any atom is -0.327 e. The maximum atomic E-state index is 12.6. The summed E-state index contributed by atoms with van der Waals surface area (Å²) in [6.45, 7) is 6.78. The molecule has 1 aromatic rings. The topological polar surface area (TPSA) is 60.9 Å². The van der Waals surface area contributed by atoms with E-state index in [2.05, 4.69) is 21.0 Å². The van der Waals surface area contributed by atoms with Crippen LogP contribution in [0, 0.1) is 12.3 Å². The molecule has 19 heavy (non-hydrogen) atoms. The Hall–Kier alpha value is -0.680. The van der Waals surface area contributed by atoms with Gasteiger partial charge in [0.2, 0.25) is 0 Å². The molecule has 0 saturated heterocycles. The van der Waals surface area contributed by atoms with E-state index < -0.39 is 0 Å². The molecule has 5 heteroatoms. The van der Waals surface area contributed by atoms with E-state index in [4.69, 9.17) is 5.73 Å². The van der Waals surface area contributed by atoms with Crippen molar-refractivity contribution in [2.75, 3.05) is 0 Å². The third kappa shape index (κ3) is 2.50. The van der Waals surface area contributed by atoms with Crippen molar-refractivity contribution < 1.29 is 4.79 Å². The zero-order valence-corrected chi connectivity index (χ0v) is 13.5. The number of aromatic nitrogens is 2. The van der Waals surface area contributed by atoms with Gasteiger partial charge in [0.05, 0.1) is 22.3 Å². The monoisotopic (exact) mass is 327 g/mol.